The first kappa shape index (κ1) is 14.3. The van der Waals surface area contributed by atoms with Crippen molar-refractivity contribution in [3.8, 4) is 0 Å². The molecule has 1 amide bonds. The third kappa shape index (κ3) is 3.05. The third-order valence-electron chi connectivity index (χ3n) is 2.98. The summed E-state index contributed by atoms with van der Waals surface area (Å²) >= 11 is 0. The van der Waals surface area contributed by atoms with Crippen molar-refractivity contribution in [2.24, 2.45) is 0 Å². The molecule has 0 aliphatic rings. The van der Waals surface area contributed by atoms with Crippen molar-refractivity contribution < 1.29 is 9.53 Å². The summed E-state index contributed by atoms with van der Waals surface area (Å²) in [5, 5.41) is 7.87. The highest BCUT2D eigenvalue weighted by Crippen LogP contribution is 2.24. The molecule has 1 aromatic carbocycles. The normalized spacial score (nSPS) is 10.5. The van der Waals surface area contributed by atoms with Gasteiger partial charge in [-0.25, -0.2) is 4.98 Å². The van der Waals surface area contributed by atoms with Gasteiger partial charge in [0.05, 0.1) is 12.2 Å². The Bertz CT molecular complexity index is 599. The fourth-order valence-electron chi connectivity index (χ4n) is 2.04. The molecule has 0 bridgehead atoms. The van der Waals surface area contributed by atoms with Crippen LogP contribution >= 0.6 is 0 Å². The molecule has 0 fully saturated rings. The molecule has 0 spiro atoms. The fourth-order valence-corrected chi connectivity index (χ4v) is 2.04. The van der Waals surface area contributed by atoms with Crippen LogP contribution in [-0.2, 0) is 4.74 Å². The topological polar surface area (TPSA) is 63.2 Å². The zero-order valence-corrected chi connectivity index (χ0v) is 11.8. The minimum atomic E-state index is -0.131. The molecule has 0 aliphatic heterocycles. The van der Waals surface area contributed by atoms with Gasteiger partial charge in [-0.15, -0.1) is 0 Å². The Balaban J connectivity index is 2.35. The summed E-state index contributed by atoms with van der Waals surface area (Å²) in [6.45, 7) is 3.78. The molecular formula is C15H19N3O2. The Morgan fingerprint density at radius 2 is 2.05 bits per heavy atom. The van der Waals surface area contributed by atoms with Gasteiger partial charge in [0.1, 0.15) is 5.82 Å². The number of ether oxygens (including phenoxy) is 1. The summed E-state index contributed by atoms with van der Waals surface area (Å²) in [5.41, 5.74) is 0.582. The lowest BCUT2D eigenvalue weighted by Crippen LogP contribution is -2.27. The lowest BCUT2D eigenvalue weighted by molar-refractivity contribution is 0.0938. The maximum absolute atomic E-state index is 12.2. The number of fused-ring (bicyclic) bond motifs is 1. The number of hydrogen-bond acceptors (Lipinski definition) is 4. The van der Waals surface area contributed by atoms with Crippen molar-refractivity contribution in [3.05, 3.63) is 36.0 Å². The van der Waals surface area contributed by atoms with Crippen molar-refractivity contribution in [1.29, 1.82) is 0 Å². The number of amides is 1. The predicted molar refractivity (Wildman–Crippen MR) is 80.1 cm³/mol. The van der Waals surface area contributed by atoms with Crippen molar-refractivity contribution in [1.82, 2.24) is 10.3 Å². The number of benzene rings is 1. The first-order chi connectivity index (χ1) is 9.77. The van der Waals surface area contributed by atoms with Crippen molar-refractivity contribution >= 4 is 22.5 Å². The molecular weight excluding hydrogens is 254 g/mol. The van der Waals surface area contributed by atoms with Gasteiger partial charge in [-0.05, 0) is 12.3 Å². The van der Waals surface area contributed by atoms with E-state index >= 15 is 0 Å². The van der Waals surface area contributed by atoms with E-state index in [4.69, 9.17) is 4.74 Å². The highest BCUT2D eigenvalue weighted by atomic mass is 16.5. The molecule has 0 aliphatic carbocycles. The van der Waals surface area contributed by atoms with Crippen LogP contribution in [0.5, 0.6) is 0 Å². The number of rotatable bonds is 6. The average molecular weight is 273 g/mol. The maximum Gasteiger partial charge on any atom is 0.253 e. The van der Waals surface area contributed by atoms with Crippen LogP contribution in [0.25, 0.3) is 10.8 Å². The van der Waals surface area contributed by atoms with Crippen LogP contribution in [0.1, 0.15) is 17.3 Å². The molecule has 20 heavy (non-hydrogen) atoms. The summed E-state index contributed by atoms with van der Waals surface area (Å²) in [6.07, 6.45) is 1.61. The fraction of sp³-hybridized carbons (Fsp3) is 0.333. The lowest BCUT2D eigenvalue weighted by atomic mass is 10.1. The first-order valence-corrected chi connectivity index (χ1v) is 6.66. The average Bonchev–Trinajstić information content (AvgIpc) is 2.48. The minimum absolute atomic E-state index is 0.131. The number of anilines is 1. The molecule has 2 rings (SSSR count). The molecule has 106 valence electrons. The zero-order chi connectivity index (χ0) is 14.4. The monoisotopic (exact) mass is 273 g/mol. The summed E-state index contributed by atoms with van der Waals surface area (Å²) in [5.74, 6) is 0.672. The first-order valence-electron chi connectivity index (χ1n) is 6.66. The van der Waals surface area contributed by atoms with E-state index in [9.17, 15) is 4.79 Å². The Kier molecular flexibility index (Phi) is 4.90. The predicted octanol–water partition coefficient (Wildman–Crippen LogP) is 2.04. The van der Waals surface area contributed by atoms with Crippen LogP contribution in [0, 0.1) is 0 Å². The quantitative estimate of drug-likeness (QED) is 0.791. The van der Waals surface area contributed by atoms with E-state index in [0.29, 0.717) is 18.7 Å². The van der Waals surface area contributed by atoms with Crippen LogP contribution in [0.4, 0.5) is 5.82 Å². The second-order valence-corrected chi connectivity index (χ2v) is 4.35. The number of nitrogens with one attached hydrogen (secondary N) is 2. The number of methoxy groups -OCH3 is 1. The van der Waals surface area contributed by atoms with Crippen LogP contribution in [0.3, 0.4) is 0 Å². The van der Waals surface area contributed by atoms with Gasteiger partial charge in [-0.3, -0.25) is 4.79 Å². The SMILES string of the molecule is CCNc1ncc(C(=O)NCCOC)c2ccccc12. The van der Waals surface area contributed by atoms with E-state index in [0.717, 1.165) is 23.1 Å². The van der Waals surface area contributed by atoms with E-state index in [1.165, 1.54) is 0 Å². The van der Waals surface area contributed by atoms with Gasteiger partial charge >= 0.3 is 0 Å². The van der Waals surface area contributed by atoms with Crippen LogP contribution in [0.2, 0.25) is 0 Å². The number of aromatic nitrogens is 1. The van der Waals surface area contributed by atoms with Gasteiger partial charge in [0.2, 0.25) is 0 Å². The summed E-state index contributed by atoms with van der Waals surface area (Å²) in [7, 11) is 1.61. The second-order valence-electron chi connectivity index (χ2n) is 4.35. The molecule has 0 unspecified atom stereocenters. The highest BCUT2D eigenvalue weighted by Gasteiger charge is 2.12. The molecule has 1 aromatic heterocycles. The van der Waals surface area contributed by atoms with E-state index < -0.39 is 0 Å². The van der Waals surface area contributed by atoms with Gasteiger partial charge in [0.25, 0.3) is 5.91 Å². The third-order valence-corrected chi connectivity index (χ3v) is 2.98. The zero-order valence-electron chi connectivity index (χ0n) is 11.8. The van der Waals surface area contributed by atoms with Crippen molar-refractivity contribution in [2.75, 3.05) is 32.1 Å². The van der Waals surface area contributed by atoms with E-state index in [1.807, 2.05) is 31.2 Å². The Morgan fingerprint density at radius 1 is 1.30 bits per heavy atom. The number of pyridine rings is 1. The molecule has 2 N–H and O–H groups in total. The highest BCUT2D eigenvalue weighted by molar-refractivity contribution is 6.09. The van der Waals surface area contributed by atoms with Gasteiger partial charge in [-0.1, -0.05) is 24.3 Å². The lowest BCUT2D eigenvalue weighted by Gasteiger charge is -2.11. The number of hydrogen-bond donors (Lipinski definition) is 2. The largest absolute Gasteiger partial charge is 0.383 e. The summed E-state index contributed by atoms with van der Waals surface area (Å²) in [4.78, 5) is 16.5. The van der Waals surface area contributed by atoms with Crippen LogP contribution < -0.4 is 10.6 Å². The van der Waals surface area contributed by atoms with Gasteiger partial charge in [0, 0.05) is 31.8 Å². The molecule has 2 aromatic rings. The molecule has 0 atom stereocenters. The Hall–Kier alpha value is -2.14. The summed E-state index contributed by atoms with van der Waals surface area (Å²) in [6, 6.07) is 7.76. The Morgan fingerprint density at radius 3 is 2.75 bits per heavy atom. The number of carbonyl (C=O) groups excluding carboxylic acids is 1. The number of nitrogens with zero attached hydrogens (tertiary/aromatic N) is 1. The van der Waals surface area contributed by atoms with E-state index in [-0.39, 0.29) is 5.91 Å². The summed E-state index contributed by atoms with van der Waals surface area (Å²) < 4.78 is 4.93. The molecule has 0 radical (unpaired) electrons. The standard InChI is InChI=1S/C15H19N3O2/c1-3-16-14-12-7-5-4-6-11(12)13(10-18-14)15(19)17-8-9-20-2/h4-7,10H,3,8-9H2,1-2H3,(H,16,18)(H,17,19). The second kappa shape index (κ2) is 6.86. The van der Waals surface area contributed by atoms with Crippen LogP contribution in [-0.4, -0.2) is 37.7 Å². The smallest absolute Gasteiger partial charge is 0.253 e. The Labute approximate surface area is 118 Å². The van der Waals surface area contributed by atoms with E-state index in [1.54, 1.807) is 13.3 Å². The number of carbonyl (C=O) groups is 1. The minimum Gasteiger partial charge on any atom is -0.383 e. The van der Waals surface area contributed by atoms with Crippen LogP contribution in [0.15, 0.2) is 30.5 Å². The van der Waals surface area contributed by atoms with Gasteiger partial charge in [-0.2, -0.15) is 0 Å². The van der Waals surface area contributed by atoms with Crippen molar-refractivity contribution in [2.45, 2.75) is 6.92 Å². The molecule has 5 nitrogen and oxygen atoms in total. The molecule has 1 heterocycles. The van der Waals surface area contributed by atoms with Crippen molar-refractivity contribution in [3.63, 3.8) is 0 Å². The van der Waals surface area contributed by atoms with Gasteiger partial charge < -0.3 is 15.4 Å². The molecule has 0 saturated carbocycles. The van der Waals surface area contributed by atoms with Gasteiger partial charge in [0.15, 0.2) is 0 Å². The maximum atomic E-state index is 12.2. The molecule has 5 heteroatoms. The molecule has 0 saturated heterocycles. The van der Waals surface area contributed by atoms with E-state index in [2.05, 4.69) is 15.6 Å².